The van der Waals surface area contributed by atoms with Crippen molar-refractivity contribution >= 4 is 17.9 Å². The lowest BCUT2D eigenvalue weighted by Gasteiger charge is -2.18. The van der Waals surface area contributed by atoms with Gasteiger partial charge in [0.05, 0.1) is 5.41 Å². The zero-order chi connectivity index (χ0) is 24.1. The van der Waals surface area contributed by atoms with E-state index in [4.69, 9.17) is 14.2 Å². The molecule has 1 rings (SSSR count). The van der Waals surface area contributed by atoms with Crippen molar-refractivity contribution in [3.8, 4) is 0 Å². The van der Waals surface area contributed by atoms with Crippen LogP contribution in [-0.4, -0.2) is 31.6 Å². The van der Waals surface area contributed by atoms with E-state index < -0.39 is 60.6 Å². The maximum atomic E-state index is 12.6. The predicted molar refractivity (Wildman–Crippen MR) is 107 cm³/mol. The van der Waals surface area contributed by atoms with Crippen LogP contribution in [0.3, 0.4) is 0 Å². The van der Waals surface area contributed by atoms with Crippen LogP contribution in [0.1, 0.15) is 34.6 Å². The van der Waals surface area contributed by atoms with Crippen LogP contribution >= 0.6 is 0 Å². The topological polar surface area (TPSA) is 145 Å². The number of aromatic nitrogens is 3. The zero-order valence-electron chi connectivity index (χ0n) is 18.1. The maximum Gasteiger partial charge on any atom is 0.341 e. The molecule has 0 aliphatic carbocycles. The Balaban J connectivity index is 3.46. The van der Waals surface area contributed by atoms with Gasteiger partial charge in [-0.15, -0.1) is 0 Å². The summed E-state index contributed by atoms with van der Waals surface area (Å²) >= 11 is 0. The summed E-state index contributed by atoms with van der Waals surface area (Å²) in [4.78, 5) is 73.1. The molecule has 0 spiro atoms. The van der Waals surface area contributed by atoms with Gasteiger partial charge in [0.15, 0.2) is 20.2 Å². The SMILES string of the molecule is C=C(C)C(=O)OCn1c(=O)n(COC(=O)C(=C)C)c(=O)n(COC(=O)C(C)(C)C)c1=O. The lowest BCUT2D eigenvalue weighted by Crippen LogP contribution is -2.55. The number of carbonyl (C=O) groups is 3. The first kappa shape index (κ1) is 25.3. The van der Waals surface area contributed by atoms with Crippen molar-refractivity contribution in [3.05, 3.63) is 55.8 Å². The van der Waals surface area contributed by atoms with E-state index in [1.807, 2.05) is 0 Å². The Morgan fingerprint density at radius 2 is 1.00 bits per heavy atom. The van der Waals surface area contributed by atoms with E-state index in [0.29, 0.717) is 13.7 Å². The summed E-state index contributed by atoms with van der Waals surface area (Å²) < 4.78 is 15.8. The Bertz CT molecular complexity index is 1030. The van der Waals surface area contributed by atoms with E-state index in [0.717, 1.165) is 0 Å². The predicted octanol–water partition coefficient (Wildman–Crippen LogP) is -0.128. The van der Waals surface area contributed by atoms with Gasteiger partial charge in [-0.3, -0.25) is 4.79 Å². The number of hydrogen-bond donors (Lipinski definition) is 0. The summed E-state index contributed by atoms with van der Waals surface area (Å²) in [5.74, 6) is -2.49. The summed E-state index contributed by atoms with van der Waals surface area (Å²) in [5.41, 5.74) is -4.52. The van der Waals surface area contributed by atoms with Gasteiger partial charge in [0.2, 0.25) is 0 Å². The highest BCUT2D eigenvalue weighted by Gasteiger charge is 2.25. The molecule has 0 fully saturated rings. The van der Waals surface area contributed by atoms with Crippen molar-refractivity contribution in [1.29, 1.82) is 0 Å². The molecule has 0 aliphatic rings. The molecule has 1 heterocycles. The molecule has 0 saturated carbocycles. The Morgan fingerprint density at radius 3 is 1.26 bits per heavy atom. The molecule has 0 saturated heterocycles. The smallest absolute Gasteiger partial charge is 0.341 e. The molecule has 0 aromatic carbocycles. The van der Waals surface area contributed by atoms with Gasteiger partial charge in [-0.2, -0.15) is 0 Å². The van der Waals surface area contributed by atoms with Gasteiger partial charge in [0.25, 0.3) is 0 Å². The van der Waals surface area contributed by atoms with Crippen molar-refractivity contribution in [3.63, 3.8) is 0 Å². The third-order valence-corrected chi connectivity index (χ3v) is 3.67. The number of carbonyl (C=O) groups excluding carboxylic acids is 3. The first-order chi connectivity index (χ1) is 14.2. The fraction of sp³-hybridized carbons (Fsp3) is 0.474. The maximum absolute atomic E-state index is 12.6. The first-order valence-electron chi connectivity index (χ1n) is 8.95. The van der Waals surface area contributed by atoms with Gasteiger partial charge in [0, 0.05) is 11.1 Å². The Hall–Kier alpha value is -3.70. The monoisotopic (exact) mass is 439 g/mol. The number of rotatable bonds is 8. The van der Waals surface area contributed by atoms with E-state index in [-0.39, 0.29) is 11.1 Å². The summed E-state index contributed by atoms with van der Waals surface area (Å²) in [6.07, 6.45) is 0. The molecular formula is C19H25N3O9. The Morgan fingerprint density at radius 1 is 0.710 bits per heavy atom. The first-order valence-corrected chi connectivity index (χ1v) is 8.95. The summed E-state index contributed by atoms with van der Waals surface area (Å²) in [6.45, 7) is 11.6. The van der Waals surface area contributed by atoms with Gasteiger partial charge in [-0.25, -0.2) is 37.7 Å². The van der Waals surface area contributed by atoms with E-state index in [1.54, 1.807) is 20.8 Å². The van der Waals surface area contributed by atoms with E-state index in [9.17, 15) is 28.8 Å². The molecule has 31 heavy (non-hydrogen) atoms. The van der Waals surface area contributed by atoms with Gasteiger partial charge >= 0.3 is 35.0 Å². The lowest BCUT2D eigenvalue weighted by molar-refractivity contribution is -0.157. The summed E-state index contributed by atoms with van der Waals surface area (Å²) in [6, 6.07) is 0. The molecule has 0 unspecified atom stereocenters. The Kier molecular flexibility index (Phi) is 8.07. The second kappa shape index (κ2) is 9.87. The molecule has 12 nitrogen and oxygen atoms in total. The highest BCUT2D eigenvalue weighted by Crippen LogP contribution is 2.14. The molecule has 12 heteroatoms. The second-order valence-electron chi connectivity index (χ2n) is 7.63. The quantitative estimate of drug-likeness (QED) is 0.307. The number of nitrogens with zero attached hydrogens (tertiary/aromatic N) is 3. The average Bonchev–Trinajstić information content (AvgIpc) is 2.65. The van der Waals surface area contributed by atoms with Crippen molar-refractivity contribution < 1.29 is 28.6 Å². The third kappa shape index (κ3) is 6.39. The van der Waals surface area contributed by atoms with Crippen molar-refractivity contribution in [2.75, 3.05) is 0 Å². The molecule has 0 atom stereocenters. The van der Waals surface area contributed by atoms with Crippen molar-refractivity contribution in [2.45, 2.75) is 54.8 Å². The Labute approximate surface area is 176 Å². The van der Waals surface area contributed by atoms with Crippen LogP contribution in [-0.2, 0) is 48.8 Å². The summed E-state index contributed by atoms with van der Waals surface area (Å²) in [5, 5.41) is 0. The van der Waals surface area contributed by atoms with Gasteiger partial charge < -0.3 is 14.2 Å². The normalized spacial score (nSPS) is 10.9. The number of esters is 3. The van der Waals surface area contributed by atoms with Crippen LogP contribution in [0.4, 0.5) is 0 Å². The summed E-state index contributed by atoms with van der Waals surface area (Å²) in [7, 11) is 0. The number of ether oxygens (including phenoxy) is 3. The molecule has 0 aliphatic heterocycles. The lowest BCUT2D eigenvalue weighted by atomic mass is 9.98. The molecular weight excluding hydrogens is 414 g/mol. The fourth-order valence-electron chi connectivity index (χ4n) is 1.85. The van der Waals surface area contributed by atoms with Crippen LogP contribution in [0.2, 0.25) is 0 Å². The molecule has 1 aromatic heterocycles. The van der Waals surface area contributed by atoms with Crippen LogP contribution in [0.25, 0.3) is 0 Å². The average molecular weight is 439 g/mol. The minimum atomic E-state index is -1.21. The van der Waals surface area contributed by atoms with Crippen LogP contribution in [0.15, 0.2) is 38.7 Å². The largest absolute Gasteiger partial charge is 0.443 e. The third-order valence-electron chi connectivity index (χ3n) is 3.67. The molecule has 170 valence electrons. The van der Waals surface area contributed by atoms with Crippen LogP contribution in [0.5, 0.6) is 0 Å². The second-order valence-corrected chi connectivity index (χ2v) is 7.63. The molecule has 0 radical (unpaired) electrons. The minimum Gasteiger partial charge on any atom is -0.443 e. The van der Waals surface area contributed by atoms with Crippen molar-refractivity contribution in [1.82, 2.24) is 13.7 Å². The van der Waals surface area contributed by atoms with Crippen LogP contribution < -0.4 is 17.1 Å². The van der Waals surface area contributed by atoms with Gasteiger partial charge in [-0.05, 0) is 34.6 Å². The molecule has 0 amide bonds. The standard InChI is InChI=1S/C19H25N3O9/c1-11(2)13(23)29-8-20-16(26)21(9-30-14(24)12(3)4)18(28)22(17(20)27)10-31-15(25)19(5,6)7/h1,3,8-10H2,2,4-7H3. The molecule has 1 aromatic rings. The van der Waals surface area contributed by atoms with E-state index in [1.165, 1.54) is 13.8 Å². The highest BCUT2D eigenvalue weighted by atomic mass is 16.6. The van der Waals surface area contributed by atoms with Gasteiger partial charge in [-0.1, -0.05) is 13.2 Å². The van der Waals surface area contributed by atoms with Gasteiger partial charge in [0.1, 0.15) is 0 Å². The minimum absolute atomic E-state index is 0.0104. The highest BCUT2D eigenvalue weighted by molar-refractivity contribution is 5.87. The molecule has 0 bridgehead atoms. The van der Waals surface area contributed by atoms with E-state index >= 15 is 0 Å². The molecule has 0 N–H and O–H groups in total. The zero-order valence-corrected chi connectivity index (χ0v) is 18.1. The fourth-order valence-corrected chi connectivity index (χ4v) is 1.85. The van der Waals surface area contributed by atoms with Crippen molar-refractivity contribution in [2.24, 2.45) is 5.41 Å². The van der Waals surface area contributed by atoms with Crippen LogP contribution in [0, 0.1) is 5.41 Å². The number of hydrogen-bond acceptors (Lipinski definition) is 9. The van der Waals surface area contributed by atoms with E-state index in [2.05, 4.69) is 13.2 Å².